The first-order chi connectivity index (χ1) is 8.74. The molecule has 0 radical (unpaired) electrons. The lowest BCUT2D eigenvalue weighted by molar-refractivity contribution is -0.132. The third kappa shape index (κ3) is 3.56. The van der Waals surface area contributed by atoms with Crippen LogP contribution in [-0.2, 0) is 11.3 Å². The van der Waals surface area contributed by atoms with Crippen molar-refractivity contribution in [1.82, 2.24) is 9.80 Å². The van der Waals surface area contributed by atoms with Crippen molar-refractivity contribution in [2.75, 3.05) is 19.6 Å². The minimum Gasteiger partial charge on any atom is -0.342 e. The van der Waals surface area contributed by atoms with Crippen molar-refractivity contribution in [3.05, 3.63) is 22.4 Å². The third-order valence-corrected chi connectivity index (χ3v) is 4.32. The van der Waals surface area contributed by atoms with Crippen molar-refractivity contribution >= 4 is 17.2 Å². The molecule has 0 bridgehead atoms. The van der Waals surface area contributed by atoms with E-state index < -0.39 is 0 Å². The first-order valence-corrected chi connectivity index (χ1v) is 7.66. The van der Waals surface area contributed by atoms with Crippen molar-refractivity contribution in [1.29, 1.82) is 0 Å². The Labute approximate surface area is 113 Å². The molecule has 1 aromatic heterocycles. The molecule has 1 fully saturated rings. The molecule has 1 aliphatic rings. The van der Waals surface area contributed by atoms with Crippen LogP contribution in [0.2, 0.25) is 0 Å². The lowest BCUT2D eigenvalue weighted by Crippen LogP contribution is -2.40. The average Bonchev–Trinajstić information content (AvgIpc) is 3.09. The van der Waals surface area contributed by atoms with Gasteiger partial charge in [-0.05, 0) is 38.1 Å². The van der Waals surface area contributed by atoms with Crippen molar-refractivity contribution in [2.45, 2.75) is 39.3 Å². The molecule has 0 saturated heterocycles. The minimum absolute atomic E-state index is 0.267. The Kier molecular flexibility index (Phi) is 4.78. The molecule has 100 valence electrons. The molecule has 1 aliphatic carbocycles. The molecule has 1 heterocycles. The monoisotopic (exact) mass is 266 g/mol. The fourth-order valence-electron chi connectivity index (χ4n) is 2.21. The van der Waals surface area contributed by atoms with Crippen LogP contribution in [0.3, 0.4) is 0 Å². The molecule has 0 unspecified atom stereocenters. The van der Waals surface area contributed by atoms with Crippen LogP contribution in [-0.4, -0.2) is 41.4 Å². The summed E-state index contributed by atoms with van der Waals surface area (Å²) in [7, 11) is 0. The molecule has 0 aliphatic heterocycles. The first kappa shape index (κ1) is 13.6. The molecule has 0 atom stereocenters. The van der Waals surface area contributed by atoms with Gasteiger partial charge in [0.25, 0.3) is 0 Å². The van der Waals surface area contributed by atoms with Crippen LogP contribution in [0.5, 0.6) is 0 Å². The summed E-state index contributed by atoms with van der Waals surface area (Å²) in [5, 5.41) is 2.10. The lowest BCUT2D eigenvalue weighted by Gasteiger charge is -2.25. The summed E-state index contributed by atoms with van der Waals surface area (Å²) >= 11 is 1.78. The number of thiophene rings is 1. The van der Waals surface area contributed by atoms with Gasteiger partial charge in [0.2, 0.25) is 5.91 Å². The Morgan fingerprint density at radius 2 is 2.11 bits per heavy atom. The van der Waals surface area contributed by atoms with Crippen LogP contribution in [0, 0.1) is 0 Å². The van der Waals surface area contributed by atoms with Gasteiger partial charge < -0.3 is 4.90 Å². The van der Waals surface area contributed by atoms with Gasteiger partial charge in [-0.2, -0.15) is 0 Å². The molecule has 1 aromatic rings. The Balaban J connectivity index is 1.92. The molecule has 3 nitrogen and oxygen atoms in total. The molecule has 0 spiro atoms. The fourth-order valence-corrected chi connectivity index (χ4v) is 2.94. The molecule has 18 heavy (non-hydrogen) atoms. The topological polar surface area (TPSA) is 23.6 Å². The van der Waals surface area contributed by atoms with E-state index in [1.54, 1.807) is 11.3 Å². The van der Waals surface area contributed by atoms with Crippen LogP contribution in [0.25, 0.3) is 0 Å². The van der Waals surface area contributed by atoms with E-state index in [-0.39, 0.29) is 5.91 Å². The summed E-state index contributed by atoms with van der Waals surface area (Å²) in [6.07, 6.45) is 2.49. The Hall–Kier alpha value is -0.870. The quantitative estimate of drug-likeness (QED) is 0.757. The number of likely N-dealkylation sites (N-methyl/N-ethyl adjacent to an activating group) is 1. The van der Waals surface area contributed by atoms with E-state index in [4.69, 9.17) is 0 Å². The van der Waals surface area contributed by atoms with Gasteiger partial charge >= 0.3 is 0 Å². The molecule has 4 heteroatoms. The average molecular weight is 266 g/mol. The van der Waals surface area contributed by atoms with Gasteiger partial charge in [0.15, 0.2) is 0 Å². The second kappa shape index (κ2) is 6.34. The van der Waals surface area contributed by atoms with E-state index in [1.807, 2.05) is 18.7 Å². The van der Waals surface area contributed by atoms with Crippen LogP contribution < -0.4 is 0 Å². The first-order valence-electron chi connectivity index (χ1n) is 6.78. The number of carbonyl (C=O) groups is 1. The molecular weight excluding hydrogens is 244 g/mol. The molecular formula is C14H22N2OS. The van der Waals surface area contributed by atoms with Crippen LogP contribution >= 0.6 is 11.3 Å². The zero-order chi connectivity index (χ0) is 13.0. The Morgan fingerprint density at radius 3 is 2.61 bits per heavy atom. The summed E-state index contributed by atoms with van der Waals surface area (Å²) in [6, 6.07) is 4.87. The standard InChI is InChI=1S/C14H22N2OS/c1-3-15(4-2)14(17)11-16(12-7-8-12)10-13-6-5-9-18-13/h5-6,9,12H,3-4,7-8,10-11H2,1-2H3. The highest BCUT2D eigenvalue weighted by Gasteiger charge is 2.31. The van der Waals surface area contributed by atoms with Crippen LogP contribution in [0.1, 0.15) is 31.6 Å². The summed E-state index contributed by atoms with van der Waals surface area (Å²) < 4.78 is 0. The third-order valence-electron chi connectivity index (χ3n) is 3.46. The number of rotatable bonds is 7. The highest BCUT2D eigenvalue weighted by molar-refractivity contribution is 7.09. The Bertz CT molecular complexity index is 369. The summed E-state index contributed by atoms with van der Waals surface area (Å²) in [5.41, 5.74) is 0. The number of amides is 1. The highest BCUT2D eigenvalue weighted by atomic mass is 32.1. The fraction of sp³-hybridized carbons (Fsp3) is 0.643. The second-order valence-corrected chi connectivity index (χ2v) is 5.81. The zero-order valence-corrected chi connectivity index (χ0v) is 12.1. The molecule has 2 rings (SSSR count). The van der Waals surface area contributed by atoms with E-state index in [0.29, 0.717) is 12.6 Å². The number of carbonyl (C=O) groups excluding carboxylic acids is 1. The van der Waals surface area contributed by atoms with E-state index in [1.165, 1.54) is 17.7 Å². The maximum atomic E-state index is 12.2. The van der Waals surface area contributed by atoms with Gasteiger partial charge in [0.05, 0.1) is 6.54 Å². The van der Waals surface area contributed by atoms with Crippen molar-refractivity contribution in [2.24, 2.45) is 0 Å². The second-order valence-electron chi connectivity index (χ2n) is 4.78. The van der Waals surface area contributed by atoms with Gasteiger partial charge in [-0.3, -0.25) is 9.69 Å². The van der Waals surface area contributed by atoms with E-state index >= 15 is 0 Å². The molecule has 0 N–H and O–H groups in total. The smallest absolute Gasteiger partial charge is 0.236 e. The predicted molar refractivity (Wildman–Crippen MR) is 75.7 cm³/mol. The summed E-state index contributed by atoms with van der Waals surface area (Å²) in [4.78, 5) is 17.8. The van der Waals surface area contributed by atoms with Crippen molar-refractivity contribution in [3.63, 3.8) is 0 Å². The van der Waals surface area contributed by atoms with Gasteiger partial charge in [-0.25, -0.2) is 0 Å². The minimum atomic E-state index is 0.267. The van der Waals surface area contributed by atoms with Gasteiger partial charge in [-0.1, -0.05) is 6.07 Å². The number of hydrogen-bond acceptors (Lipinski definition) is 3. The van der Waals surface area contributed by atoms with Crippen molar-refractivity contribution < 1.29 is 4.79 Å². The summed E-state index contributed by atoms with van der Waals surface area (Å²) in [6.45, 7) is 7.21. The maximum absolute atomic E-state index is 12.2. The Morgan fingerprint density at radius 1 is 1.39 bits per heavy atom. The maximum Gasteiger partial charge on any atom is 0.236 e. The van der Waals surface area contributed by atoms with E-state index in [0.717, 1.165) is 19.6 Å². The van der Waals surface area contributed by atoms with Crippen LogP contribution in [0.15, 0.2) is 17.5 Å². The molecule has 1 amide bonds. The normalized spacial score (nSPS) is 15.1. The SMILES string of the molecule is CCN(CC)C(=O)CN(Cc1cccs1)C1CC1. The zero-order valence-electron chi connectivity index (χ0n) is 11.3. The summed E-state index contributed by atoms with van der Waals surface area (Å²) in [5.74, 6) is 0.267. The predicted octanol–water partition coefficient (Wildman–Crippen LogP) is 2.58. The number of hydrogen-bond donors (Lipinski definition) is 0. The van der Waals surface area contributed by atoms with Gasteiger partial charge in [0.1, 0.15) is 0 Å². The largest absolute Gasteiger partial charge is 0.342 e. The number of nitrogens with zero attached hydrogens (tertiary/aromatic N) is 2. The molecule has 1 saturated carbocycles. The molecule has 0 aromatic carbocycles. The van der Waals surface area contributed by atoms with E-state index in [2.05, 4.69) is 22.4 Å². The highest BCUT2D eigenvalue weighted by Crippen LogP contribution is 2.29. The lowest BCUT2D eigenvalue weighted by atomic mass is 10.3. The van der Waals surface area contributed by atoms with Crippen LogP contribution in [0.4, 0.5) is 0 Å². The van der Waals surface area contributed by atoms with Gasteiger partial charge in [0, 0.05) is 30.6 Å². The van der Waals surface area contributed by atoms with Gasteiger partial charge in [-0.15, -0.1) is 11.3 Å². The van der Waals surface area contributed by atoms with E-state index in [9.17, 15) is 4.79 Å². The van der Waals surface area contributed by atoms with Crippen molar-refractivity contribution in [3.8, 4) is 0 Å².